The molecule has 0 radical (unpaired) electrons. The van der Waals surface area contributed by atoms with Gasteiger partial charge in [0.15, 0.2) is 6.10 Å². The third kappa shape index (κ3) is 4.55. The van der Waals surface area contributed by atoms with E-state index in [1.807, 2.05) is 0 Å². The third-order valence-corrected chi connectivity index (χ3v) is 4.86. The molecule has 160 valence electrons. The number of aliphatic carboxylic acids is 1. The molecule has 1 N–H and O–H groups in total. The number of hydrogen-bond donors (Lipinski definition) is 1. The van der Waals surface area contributed by atoms with Crippen molar-refractivity contribution in [2.24, 2.45) is 0 Å². The zero-order chi connectivity index (χ0) is 22.1. The van der Waals surface area contributed by atoms with Crippen LogP contribution in [0.25, 0.3) is 11.1 Å². The molecule has 1 heterocycles. The number of hydrogen-bond acceptors (Lipinski definition) is 3. The van der Waals surface area contributed by atoms with Crippen molar-refractivity contribution in [1.82, 2.24) is 4.90 Å². The highest BCUT2D eigenvalue weighted by atomic mass is 19.4. The van der Waals surface area contributed by atoms with Gasteiger partial charge in [-0.15, -0.1) is 0 Å². The van der Waals surface area contributed by atoms with Gasteiger partial charge in [-0.25, -0.2) is 9.18 Å². The number of benzene rings is 2. The van der Waals surface area contributed by atoms with Crippen LogP contribution in [0.15, 0.2) is 36.4 Å². The van der Waals surface area contributed by atoms with E-state index in [9.17, 15) is 27.2 Å². The molecule has 0 aliphatic carbocycles. The zero-order valence-electron chi connectivity index (χ0n) is 16.0. The van der Waals surface area contributed by atoms with E-state index < -0.39 is 35.5 Å². The Kier molecular flexibility index (Phi) is 6.00. The molecule has 5 nitrogen and oxygen atoms in total. The minimum Gasteiger partial charge on any atom is -0.479 e. The summed E-state index contributed by atoms with van der Waals surface area (Å²) in [6.07, 6.45) is -4.33. The number of carbonyl (C=O) groups excluding carboxylic acids is 1. The predicted octanol–water partition coefficient (Wildman–Crippen LogP) is 4.60. The number of alkyl halides is 3. The number of nitrogens with zero attached hydrogens (tertiary/aromatic N) is 1. The second-order valence-electron chi connectivity index (χ2n) is 7.00. The number of carbonyl (C=O) groups is 2. The van der Waals surface area contributed by atoms with Gasteiger partial charge in [0, 0.05) is 18.7 Å². The SMILES string of the molecule is C[C@H](Oc1ccc(C(F)(F)F)cc1-c1ccc(C(=O)N2CCCC2)c(F)c1)C(=O)O. The summed E-state index contributed by atoms with van der Waals surface area (Å²) in [6.45, 7) is 2.28. The quantitative estimate of drug-likeness (QED) is 0.711. The molecule has 1 atom stereocenters. The molecule has 2 aromatic carbocycles. The molecular weight excluding hydrogens is 406 g/mol. The normalized spacial score (nSPS) is 15.2. The first kappa shape index (κ1) is 21.6. The van der Waals surface area contributed by atoms with E-state index in [4.69, 9.17) is 9.84 Å². The van der Waals surface area contributed by atoms with Crippen molar-refractivity contribution < 1.29 is 37.0 Å². The second kappa shape index (κ2) is 8.33. The molecule has 0 spiro atoms. The summed E-state index contributed by atoms with van der Waals surface area (Å²) in [6, 6.07) is 6.02. The Morgan fingerprint density at radius 1 is 1.10 bits per heavy atom. The largest absolute Gasteiger partial charge is 0.479 e. The number of carboxylic acid groups (broad SMARTS) is 1. The Hall–Kier alpha value is -3.10. The fourth-order valence-electron chi connectivity index (χ4n) is 3.22. The summed E-state index contributed by atoms with van der Waals surface area (Å²) in [4.78, 5) is 25.0. The molecular formula is C21H19F4NO4. The number of halogens is 4. The Bertz CT molecular complexity index is 968. The van der Waals surface area contributed by atoms with E-state index >= 15 is 0 Å². The van der Waals surface area contributed by atoms with Crippen molar-refractivity contribution >= 4 is 11.9 Å². The van der Waals surface area contributed by atoms with Crippen LogP contribution in [0.1, 0.15) is 35.7 Å². The fourth-order valence-corrected chi connectivity index (χ4v) is 3.22. The summed E-state index contributed by atoms with van der Waals surface area (Å²) in [7, 11) is 0. The van der Waals surface area contributed by atoms with E-state index in [0.29, 0.717) is 13.1 Å². The topological polar surface area (TPSA) is 66.8 Å². The molecule has 1 saturated heterocycles. The van der Waals surface area contributed by atoms with Crippen LogP contribution >= 0.6 is 0 Å². The van der Waals surface area contributed by atoms with Crippen molar-refractivity contribution in [2.45, 2.75) is 32.0 Å². The van der Waals surface area contributed by atoms with Crippen LogP contribution in [0, 0.1) is 5.82 Å². The van der Waals surface area contributed by atoms with Crippen LogP contribution in [-0.4, -0.2) is 41.1 Å². The molecule has 0 unspecified atom stereocenters. The highest BCUT2D eigenvalue weighted by Gasteiger charge is 2.32. The van der Waals surface area contributed by atoms with E-state index in [1.54, 1.807) is 0 Å². The highest BCUT2D eigenvalue weighted by Crippen LogP contribution is 2.38. The molecule has 1 amide bonds. The molecule has 1 fully saturated rings. The third-order valence-electron chi connectivity index (χ3n) is 4.86. The lowest BCUT2D eigenvalue weighted by atomic mass is 9.99. The summed E-state index contributed by atoms with van der Waals surface area (Å²) < 4.78 is 59.5. The van der Waals surface area contributed by atoms with Crippen LogP contribution in [-0.2, 0) is 11.0 Å². The van der Waals surface area contributed by atoms with Crippen molar-refractivity contribution in [3.63, 3.8) is 0 Å². The van der Waals surface area contributed by atoms with Crippen molar-refractivity contribution in [3.05, 3.63) is 53.3 Å². The Morgan fingerprint density at radius 3 is 2.33 bits per heavy atom. The zero-order valence-corrected chi connectivity index (χ0v) is 16.0. The standard InChI is InChI=1S/C21H19F4NO4/c1-12(20(28)29)30-18-7-5-14(21(23,24)25)11-16(18)13-4-6-15(17(22)10-13)19(27)26-8-2-3-9-26/h4-7,10-12H,2-3,8-9H2,1H3,(H,28,29)/t12-/m0/s1. The number of ether oxygens (including phenoxy) is 1. The Morgan fingerprint density at radius 2 is 1.77 bits per heavy atom. The van der Waals surface area contributed by atoms with Gasteiger partial charge in [-0.05, 0) is 55.7 Å². The summed E-state index contributed by atoms with van der Waals surface area (Å²) >= 11 is 0. The molecule has 0 bridgehead atoms. The van der Waals surface area contributed by atoms with Crippen molar-refractivity contribution in [1.29, 1.82) is 0 Å². The molecule has 1 aliphatic rings. The predicted molar refractivity (Wildman–Crippen MR) is 99.7 cm³/mol. The smallest absolute Gasteiger partial charge is 0.416 e. The van der Waals surface area contributed by atoms with Gasteiger partial charge in [0.2, 0.25) is 0 Å². The first-order valence-corrected chi connectivity index (χ1v) is 9.28. The molecule has 9 heteroatoms. The molecule has 0 aromatic heterocycles. The summed E-state index contributed by atoms with van der Waals surface area (Å²) in [5, 5.41) is 9.03. The maximum atomic E-state index is 14.7. The number of rotatable bonds is 5. The molecule has 30 heavy (non-hydrogen) atoms. The van der Waals surface area contributed by atoms with E-state index in [-0.39, 0.29) is 22.4 Å². The first-order valence-electron chi connectivity index (χ1n) is 9.28. The first-order chi connectivity index (χ1) is 14.1. The number of likely N-dealkylation sites (tertiary alicyclic amines) is 1. The van der Waals surface area contributed by atoms with Crippen LogP contribution in [0.2, 0.25) is 0 Å². The summed E-state index contributed by atoms with van der Waals surface area (Å²) in [5.41, 5.74) is -1.26. The van der Waals surface area contributed by atoms with Gasteiger partial charge in [-0.1, -0.05) is 6.07 Å². The second-order valence-corrected chi connectivity index (χ2v) is 7.00. The van der Waals surface area contributed by atoms with Crippen LogP contribution in [0.4, 0.5) is 17.6 Å². The van der Waals surface area contributed by atoms with Gasteiger partial charge in [0.1, 0.15) is 11.6 Å². The van der Waals surface area contributed by atoms with Gasteiger partial charge in [-0.2, -0.15) is 13.2 Å². The maximum absolute atomic E-state index is 14.7. The lowest BCUT2D eigenvalue weighted by Gasteiger charge is -2.18. The molecule has 2 aromatic rings. The van der Waals surface area contributed by atoms with Gasteiger partial charge in [-0.3, -0.25) is 4.79 Å². The minimum absolute atomic E-state index is 0.0316. The van der Waals surface area contributed by atoms with Crippen LogP contribution in [0.5, 0.6) is 5.75 Å². The van der Waals surface area contributed by atoms with E-state index in [1.165, 1.54) is 24.0 Å². The Balaban J connectivity index is 2.02. The van der Waals surface area contributed by atoms with Gasteiger partial charge in [0.05, 0.1) is 11.1 Å². The lowest BCUT2D eigenvalue weighted by molar-refractivity contribution is -0.144. The molecule has 3 rings (SSSR count). The van der Waals surface area contributed by atoms with Crippen molar-refractivity contribution in [2.75, 3.05) is 13.1 Å². The average molecular weight is 425 g/mol. The summed E-state index contributed by atoms with van der Waals surface area (Å²) in [5.74, 6) is -2.80. The van der Waals surface area contributed by atoms with Crippen molar-refractivity contribution in [3.8, 4) is 16.9 Å². The highest BCUT2D eigenvalue weighted by molar-refractivity contribution is 5.95. The van der Waals surface area contributed by atoms with Gasteiger partial charge >= 0.3 is 12.1 Å². The number of amides is 1. The monoisotopic (exact) mass is 425 g/mol. The minimum atomic E-state index is -4.66. The Labute approximate surface area is 169 Å². The maximum Gasteiger partial charge on any atom is 0.416 e. The van der Waals surface area contributed by atoms with E-state index in [0.717, 1.165) is 37.1 Å². The number of carboxylic acids is 1. The fraction of sp³-hybridized carbons (Fsp3) is 0.333. The van der Waals surface area contributed by atoms with Crippen LogP contribution in [0.3, 0.4) is 0 Å². The average Bonchev–Trinajstić information content (AvgIpc) is 3.21. The van der Waals surface area contributed by atoms with Crippen LogP contribution < -0.4 is 4.74 Å². The van der Waals surface area contributed by atoms with Gasteiger partial charge < -0.3 is 14.7 Å². The molecule has 0 saturated carbocycles. The lowest BCUT2D eigenvalue weighted by Crippen LogP contribution is -2.28. The molecule has 1 aliphatic heterocycles. The van der Waals surface area contributed by atoms with E-state index in [2.05, 4.69) is 0 Å². The van der Waals surface area contributed by atoms with Gasteiger partial charge in [0.25, 0.3) is 5.91 Å².